The summed E-state index contributed by atoms with van der Waals surface area (Å²) in [6.45, 7) is 3.43. The van der Waals surface area contributed by atoms with Crippen LogP contribution in [0.5, 0.6) is 0 Å². The van der Waals surface area contributed by atoms with Crippen molar-refractivity contribution in [2.24, 2.45) is 5.92 Å². The Balaban J connectivity index is 1.82. The van der Waals surface area contributed by atoms with Crippen molar-refractivity contribution in [3.05, 3.63) is 24.3 Å². The molecule has 2 nitrogen and oxygen atoms in total. The molecule has 0 amide bonds. The Morgan fingerprint density at radius 2 is 2.20 bits per heavy atom. The molecule has 1 heterocycles. The zero-order valence-corrected chi connectivity index (χ0v) is 9.94. The topological polar surface area (TPSA) is 24.1 Å². The van der Waals surface area contributed by atoms with Gasteiger partial charge in [0, 0.05) is 17.1 Å². The maximum Gasteiger partial charge on any atom is 0.0341 e. The molecule has 0 bridgehead atoms. The highest BCUT2D eigenvalue weighted by Gasteiger charge is 2.13. The Morgan fingerprint density at radius 1 is 1.40 bits per heavy atom. The van der Waals surface area contributed by atoms with E-state index in [1.807, 2.05) is 0 Å². The molecule has 0 saturated carbocycles. The number of nitrogens with one attached hydrogen (secondary N) is 2. The molecular weight excluding hydrogens is 204 g/mol. The quantitative estimate of drug-likeness (QED) is 0.765. The Hall–Kier alpha value is -0.670. The van der Waals surface area contributed by atoms with Crippen LogP contribution in [-0.2, 0) is 0 Å². The van der Waals surface area contributed by atoms with E-state index in [1.54, 1.807) is 11.8 Å². The van der Waals surface area contributed by atoms with Crippen molar-refractivity contribution in [2.75, 3.05) is 31.2 Å². The van der Waals surface area contributed by atoms with Gasteiger partial charge < -0.3 is 10.6 Å². The Kier molecular flexibility index (Phi) is 3.92. The average Bonchev–Trinajstić information content (AvgIpc) is 2.80. The first-order valence-electron chi connectivity index (χ1n) is 5.47. The van der Waals surface area contributed by atoms with Gasteiger partial charge in [-0.05, 0) is 55.9 Å². The van der Waals surface area contributed by atoms with Crippen LogP contribution >= 0.6 is 11.8 Å². The molecular formula is C12H18N2S. The molecule has 0 aromatic heterocycles. The third kappa shape index (κ3) is 3.14. The van der Waals surface area contributed by atoms with Crippen LogP contribution in [0.25, 0.3) is 0 Å². The lowest BCUT2D eigenvalue weighted by molar-refractivity contribution is 0.615. The molecule has 1 atom stereocenters. The number of hydrogen-bond donors (Lipinski definition) is 2. The minimum Gasteiger partial charge on any atom is -0.385 e. The number of benzene rings is 1. The van der Waals surface area contributed by atoms with Crippen LogP contribution in [0.2, 0.25) is 0 Å². The molecule has 2 N–H and O–H groups in total. The third-order valence-electron chi connectivity index (χ3n) is 2.85. The summed E-state index contributed by atoms with van der Waals surface area (Å²) in [6.07, 6.45) is 3.41. The Labute approximate surface area is 95.8 Å². The number of thioether (sulfide) groups is 1. The fraction of sp³-hybridized carbons (Fsp3) is 0.500. The van der Waals surface area contributed by atoms with Gasteiger partial charge in [0.05, 0.1) is 0 Å². The van der Waals surface area contributed by atoms with E-state index < -0.39 is 0 Å². The van der Waals surface area contributed by atoms with Crippen molar-refractivity contribution in [1.82, 2.24) is 5.32 Å². The predicted octanol–water partition coefficient (Wildman–Crippen LogP) is 2.43. The summed E-state index contributed by atoms with van der Waals surface area (Å²) in [5.74, 6) is 0.797. The maximum absolute atomic E-state index is 3.49. The summed E-state index contributed by atoms with van der Waals surface area (Å²) >= 11 is 1.78. The molecule has 0 radical (unpaired) electrons. The lowest BCUT2D eigenvalue weighted by Crippen LogP contribution is -2.17. The van der Waals surface area contributed by atoms with Gasteiger partial charge in [-0.25, -0.2) is 0 Å². The van der Waals surface area contributed by atoms with Gasteiger partial charge in [-0.3, -0.25) is 0 Å². The summed E-state index contributed by atoms with van der Waals surface area (Å²) < 4.78 is 0. The molecule has 0 spiro atoms. The molecule has 15 heavy (non-hydrogen) atoms. The second-order valence-corrected chi connectivity index (χ2v) is 4.85. The van der Waals surface area contributed by atoms with E-state index >= 15 is 0 Å². The van der Waals surface area contributed by atoms with E-state index in [9.17, 15) is 0 Å². The molecule has 1 unspecified atom stereocenters. The van der Waals surface area contributed by atoms with Crippen molar-refractivity contribution in [1.29, 1.82) is 0 Å². The van der Waals surface area contributed by atoms with Crippen molar-refractivity contribution < 1.29 is 0 Å². The summed E-state index contributed by atoms with van der Waals surface area (Å²) in [6, 6.07) is 8.65. The first kappa shape index (κ1) is 10.8. The Morgan fingerprint density at radius 3 is 2.80 bits per heavy atom. The monoisotopic (exact) mass is 222 g/mol. The highest BCUT2D eigenvalue weighted by atomic mass is 32.2. The van der Waals surface area contributed by atoms with E-state index in [0.29, 0.717) is 0 Å². The predicted molar refractivity (Wildman–Crippen MR) is 67.7 cm³/mol. The number of anilines is 1. The van der Waals surface area contributed by atoms with Gasteiger partial charge in [0.2, 0.25) is 0 Å². The summed E-state index contributed by atoms with van der Waals surface area (Å²) in [5.41, 5.74) is 1.24. The summed E-state index contributed by atoms with van der Waals surface area (Å²) in [4.78, 5) is 1.32. The number of hydrogen-bond acceptors (Lipinski definition) is 3. The second-order valence-electron chi connectivity index (χ2n) is 3.97. The smallest absolute Gasteiger partial charge is 0.0341 e. The fourth-order valence-corrected chi connectivity index (χ4v) is 2.27. The highest BCUT2D eigenvalue weighted by molar-refractivity contribution is 7.98. The van der Waals surface area contributed by atoms with Gasteiger partial charge in [-0.2, -0.15) is 0 Å². The van der Waals surface area contributed by atoms with Crippen LogP contribution in [0.1, 0.15) is 6.42 Å². The Bertz CT molecular complexity index is 291. The number of rotatable bonds is 4. The lowest BCUT2D eigenvalue weighted by atomic mass is 10.1. The molecule has 1 saturated heterocycles. The van der Waals surface area contributed by atoms with E-state index in [4.69, 9.17) is 0 Å². The van der Waals surface area contributed by atoms with E-state index in [0.717, 1.165) is 19.0 Å². The first-order valence-corrected chi connectivity index (χ1v) is 6.69. The molecule has 1 fully saturated rings. The summed E-state index contributed by atoms with van der Waals surface area (Å²) in [7, 11) is 0. The van der Waals surface area contributed by atoms with Gasteiger partial charge in [0.1, 0.15) is 0 Å². The van der Waals surface area contributed by atoms with Crippen molar-refractivity contribution in [3.63, 3.8) is 0 Å². The molecule has 1 aliphatic rings. The largest absolute Gasteiger partial charge is 0.385 e. The van der Waals surface area contributed by atoms with Gasteiger partial charge in [-0.1, -0.05) is 0 Å². The SMILES string of the molecule is CSc1ccc(NCC2CCNC2)cc1. The van der Waals surface area contributed by atoms with Crippen LogP contribution in [0, 0.1) is 5.92 Å². The molecule has 1 aromatic carbocycles. The molecule has 1 aromatic rings. The minimum atomic E-state index is 0.797. The van der Waals surface area contributed by atoms with E-state index in [1.165, 1.54) is 23.5 Å². The zero-order valence-electron chi connectivity index (χ0n) is 9.12. The van der Waals surface area contributed by atoms with E-state index in [2.05, 4.69) is 41.2 Å². The highest BCUT2D eigenvalue weighted by Crippen LogP contribution is 2.18. The average molecular weight is 222 g/mol. The third-order valence-corrected chi connectivity index (χ3v) is 3.59. The van der Waals surface area contributed by atoms with Crippen molar-refractivity contribution in [2.45, 2.75) is 11.3 Å². The molecule has 82 valence electrons. The molecule has 2 rings (SSSR count). The first-order chi connectivity index (χ1) is 7.38. The van der Waals surface area contributed by atoms with Crippen LogP contribution in [0.15, 0.2) is 29.2 Å². The minimum absolute atomic E-state index is 0.797. The van der Waals surface area contributed by atoms with Crippen molar-refractivity contribution >= 4 is 17.4 Å². The molecule has 1 aliphatic heterocycles. The van der Waals surface area contributed by atoms with E-state index in [-0.39, 0.29) is 0 Å². The fourth-order valence-electron chi connectivity index (χ4n) is 1.86. The van der Waals surface area contributed by atoms with Crippen LogP contribution in [-0.4, -0.2) is 25.9 Å². The molecule has 0 aliphatic carbocycles. The summed E-state index contributed by atoms with van der Waals surface area (Å²) in [5, 5.41) is 6.87. The maximum atomic E-state index is 3.49. The van der Waals surface area contributed by atoms with Gasteiger partial charge in [-0.15, -0.1) is 11.8 Å². The van der Waals surface area contributed by atoms with Crippen LogP contribution in [0.4, 0.5) is 5.69 Å². The van der Waals surface area contributed by atoms with Crippen LogP contribution < -0.4 is 10.6 Å². The normalized spacial score (nSPS) is 20.5. The van der Waals surface area contributed by atoms with Crippen LogP contribution in [0.3, 0.4) is 0 Å². The second kappa shape index (κ2) is 5.42. The van der Waals surface area contributed by atoms with Gasteiger partial charge in [0.15, 0.2) is 0 Å². The van der Waals surface area contributed by atoms with Gasteiger partial charge in [0.25, 0.3) is 0 Å². The van der Waals surface area contributed by atoms with Crippen molar-refractivity contribution in [3.8, 4) is 0 Å². The zero-order chi connectivity index (χ0) is 10.5. The lowest BCUT2D eigenvalue weighted by Gasteiger charge is -2.11. The standard InChI is InChI=1S/C12H18N2S/c1-15-12-4-2-11(3-5-12)14-9-10-6-7-13-8-10/h2-5,10,13-14H,6-9H2,1H3. The molecule has 3 heteroatoms. The van der Waals surface area contributed by atoms with Gasteiger partial charge >= 0.3 is 0 Å².